The first-order chi connectivity index (χ1) is 15.1. The van der Waals surface area contributed by atoms with E-state index in [0.717, 1.165) is 56.3 Å². The molecule has 3 nitrogen and oxygen atoms in total. The quantitative estimate of drug-likeness (QED) is 0.426. The maximum atomic E-state index is 13.0. The van der Waals surface area contributed by atoms with Crippen molar-refractivity contribution in [2.75, 3.05) is 20.3 Å². The Bertz CT molecular complexity index is 1020. The lowest BCUT2D eigenvalue weighted by atomic mass is 9.90. The van der Waals surface area contributed by atoms with Gasteiger partial charge in [0.25, 0.3) is 0 Å². The number of carbonyl (C=O) groups excluding carboxylic acids is 1. The van der Waals surface area contributed by atoms with Crippen LogP contribution in [-0.4, -0.2) is 26.1 Å². The van der Waals surface area contributed by atoms with E-state index in [4.69, 9.17) is 9.47 Å². The average Bonchev–Trinajstić information content (AvgIpc) is 3.62. The Morgan fingerprint density at radius 1 is 1.19 bits per heavy atom. The van der Waals surface area contributed by atoms with Gasteiger partial charge in [-0.1, -0.05) is 42.8 Å². The summed E-state index contributed by atoms with van der Waals surface area (Å²) < 4.78 is 11.1. The van der Waals surface area contributed by atoms with Crippen molar-refractivity contribution in [3.05, 3.63) is 59.2 Å². The molecule has 1 fully saturated rings. The minimum Gasteiger partial charge on any atom is -0.496 e. The van der Waals surface area contributed by atoms with Crippen LogP contribution < -0.4 is 4.74 Å². The molecule has 3 heteroatoms. The van der Waals surface area contributed by atoms with Gasteiger partial charge >= 0.3 is 0 Å². The molecule has 1 saturated carbocycles. The van der Waals surface area contributed by atoms with Crippen LogP contribution in [-0.2, 0) is 16.0 Å². The predicted octanol–water partition coefficient (Wildman–Crippen LogP) is 6.68. The highest BCUT2D eigenvalue weighted by Crippen LogP contribution is 2.51. The number of hydrogen-bond donors (Lipinski definition) is 0. The van der Waals surface area contributed by atoms with Gasteiger partial charge in [0.2, 0.25) is 0 Å². The van der Waals surface area contributed by atoms with Crippen LogP contribution in [0.15, 0.2) is 48.1 Å². The smallest absolute Gasteiger partial charge is 0.139 e. The monoisotopic (exact) mass is 418 g/mol. The molecule has 0 bridgehead atoms. The molecule has 0 spiro atoms. The molecule has 0 amide bonds. The van der Waals surface area contributed by atoms with Crippen molar-refractivity contribution in [2.24, 2.45) is 5.41 Å². The van der Waals surface area contributed by atoms with Crippen LogP contribution >= 0.6 is 0 Å². The Morgan fingerprint density at radius 3 is 2.71 bits per heavy atom. The van der Waals surface area contributed by atoms with Gasteiger partial charge in [-0.3, -0.25) is 4.79 Å². The number of methoxy groups -OCH3 is 1. The number of Topliss-reactive ketones (excluding diaryl/α,β-unsaturated/α-hetero) is 1. The van der Waals surface area contributed by atoms with E-state index >= 15 is 0 Å². The summed E-state index contributed by atoms with van der Waals surface area (Å²) in [6.07, 6.45) is 10.9. The van der Waals surface area contributed by atoms with Gasteiger partial charge in [-0.25, -0.2) is 0 Å². The van der Waals surface area contributed by atoms with E-state index in [0.29, 0.717) is 18.8 Å². The van der Waals surface area contributed by atoms with E-state index in [-0.39, 0.29) is 5.41 Å². The van der Waals surface area contributed by atoms with Crippen molar-refractivity contribution in [3.63, 3.8) is 0 Å². The van der Waals surface area contributed by atoms with Crippen LogP contribution in [0.4, 0.5) is 0 Å². The molecular weight excluding hydrogens is 384 g/mol. The molecule has 0 N–H and O–H groups in total. The lowest BCUT2D eigenvalue weighted by Crippen LogP contribution is -2.15. The molecule has 2 aromatic carbocycles. The number of aryl methyl sites for hydroxylation is 1. The van der Waals surface area contributed by atoms with E-state index in [2.05, 4.69) is 56.3 Å². The molecule has 0 atom stereocenters. The molecule has 4 rings (SSSR count). The van der Waals surface area contributed by atoms with Gasteiger partial charge in [0.15, 0.2) is 0 Å². The molecule has 0 unspecified atom stereocenters. The molecule has 1 aliphatic heterocycles. The standard InChI is InChI=1S/C28H34O3/c1-4-20(2)11-14-28(15-16-28)27(29)10-6-21-5-7-24-23(22-12-17-31-18-13-22)8-9-26(30-3)25(24)19-21/h5,7-9,11-12,19H,4,6,10,13-18H2,1-3H3/b20-11+. The van der Waals surface area contributed by atoms with E-state index in [1.807, 2.05) is 0 Å². The van der Waals surface area contributed by atoms with Crippen LogP contribution in [0.25, 0.3) is 16.3 Å². The summed E-state index contributed by atoms with van der Waals surface area (Å²) in [6.45, 7) is 5.78. The summed E-state index contributed by atoms with van der Waals surface area (Å²) in [6, 6.07) is 10.8. The third-order valence-electron chi connectivity index (χ3n) is 7.05. The lowest BCUT2D eigenvalue weighted by molar-refractivity contribution is -0.124. The lowest BCUT2D eigenvalue weighted by Gasteiger charge is -2.18. The first-order valence-electron chi connectivity index (χ1n) is 11.6. The molecule has 0 radical (unpaired) electrons. The zero-order valence-corrected chi connectivity index (χ0v) is 19.1. The topological polar surface area (TPSA) is 35.5 Å². The van der Waals surface area contributed by atoms with Crippen molar-refractivity contribution in [3.8, 4) is 5.75 Å². The highest BCUT2D eigenvalue weighted by atomic mass is 16.5. The summed E-state index contributed by atoms with van der Waals surface area (Å²) in [4.78, 5) is 13.0. The number of allylic oxidation sites excluding steroid dienone is 2. The number of rotatable bonds is 9. The van der Waals surface area contributed by atoms with Crippen LogP contribution in [0.5, 0.6) is 5.75 Å². The molecule has 2 aliphatic rings. The first kappa shape index (κ1) is 21.8. The van der Waals surface area contributed by atoms with Crippen molar-refractivity contribution in [2.45, 2.75) is 58.8 Å². The molecule has 1 aliphatic carbocycles. The average molecular weight is 419 g/mol. The summed E-state index contributed by atoms with van der Waals surface area (Å²) in [5.41, 5.74) is 5.11. The number of hydrogen-bond acceptors (Lipinski definition) is 3. The van der Waals surface area contributed by atoms with Crippen LogP contribution in [0.2, 0.25) is 0 Å². The van der Waals surface area contributed by atoms with Gasteiger partial charge in [-0.15, -0.1) is 0 Å². The Kier molecular flexibility index (Phi) is 6.62. The fourth-order valence-electron chi connectivity index (χ4n) is 4.54. The zero-order chi connectivity index (χ0) is 21.8. The molecule has 1 heterocycles. The highest BCUT2D eigenvalue weighted by molar-refractivity contribution is 5.98. The van der Waals surface area contributed by atoms with Gasteiger partial charge in [-0.2, -0.15) is 0 Å². The van der Waals surface area contributed by atoms with Crippen molar-refractivity contribution in [1.82, 2.24) is 0 Å². The largest absolute Gasteiger partial charge is 0.496 e. The second-order valence-corrected chi connectivity index (χ2v) is 9.06. The molecule has 0 aromatic heterocycles. The van der Waals surface area contributed by atoms with Gasteiger partial charge in [0.1, 0.15) is 11.5 Å². The summed E-state index contributed by atoms with van der Waals surface area (Å²) in [5, 5.41) is 2.33. The number of ether oxygens (including phenoxy) is 2. The summed E-state index contributed by atoms with van der Waals surface area (Å²) in [5.74, 6) is 1.32. The fraction of sp³-hybridized carbons (Fsp3) is 0.464. The third kappa shape index (κ3) is 4.77. The zero-order valence-electron chi connectivity index (χ0n) is 19.1. The van der Waals surface area contributed by atoms with E-state index in [9.17, 15) is 4.79 Å². The van der Waals surface area contributed by atoms with Crippen molar-refractivity contribution >= 4 is 22.1 Å². The normalized spacial score (nSPS) is 18.0. The maximum Gasteiger partial charge on any atom is 0.139 e. The Balaban J connectivity index is 1.53. The maximum absolute atomic E-state index is 13.0. The fourth-order valence-corrected chi connectivity index (χ4v) is 4.54. The highest BCUT2D eigenvalue weighted by Gasteiger charge is 2.47. The van der Waals surface area contributed by atoms with Crippen LogP contribution in [0.3, 0.4) is 0 Å². The molecule has 2 aromatic rings. The van der Waals surface area contributed by atoms with Gasteiger partial charge in [0.05, 0.1) is 20.3 Å². The number of fused-ring (bicyclic) bond motifs is 1. The van der Waals surface area contributed by atoms with E-state index in [1.54, 1.807) is 7.11 Å². The van der Waals surface area contributed by atoms with Crippen molar-refractivity contribution in [1.29, 1.82) is 0 Å². The van der Waals surface area contributed by atoms with E-state index in [1.165, 1.54) is 27.7 Å². The van der Waals surface area contributed by atoms with Crippen LogP contribution in [0.1, 0.15) is 63.5 Å². The summed E-state index contributed by atoms with van der Waals surface area (Å²) >= 11 is 0. The SMILES string of the molecule is CC/C(C)=C/CC1(C(=O)CCc2ccc3c(C4=CCOCC4)ccc(OC)c3c2)CC1. The Labute approximate surface area is 186 Å². The predicted molar refractivity (Wildman–Crippen MR) is 128 cm³/mol. The van der Waals surface area contributed by atoms with Gasteiger partial charge in [-0.05, 0) is 79.7 Å². The Hall–Kier alpha value is -2.39. The molecule has 0 saturated heterocycles. The first-order valence-corrected chi connectivity index (χ1v) is 11.6. The van der Waals surface area contributed by atoms with Gasteiger partial charge in [0, 0.05) is 17.2 Å². The minimum absolute atomic E-state index is 0.0757. The second kappa shape index (κ2) is 9.40. The number of ketones is 1. The van der Waals surface area contributed by atoms with Crippen molar-refractivity contribution < 1.29 is 14.3 Å². The Morgan fingerprint density at radius 2 is 2.03 bits per heavy atom. The van der Waals surface area contributed by atoms with Gasteiger partial charge < -0.3 is 9.47 Å². The van der Waals surface area contributed by atoms with Crippen LogP contribution in [0, 0.1) is 5.41 Å². The molecule has 164 valence electrons. The minimum atomic E-state index is -0.0757. The van der Waals surface area contributed by atoms with E-state index < -0.39 is 0 Å². The number of benzene rings is 2. The second-order valence-electron chi connectivity index (χ2n) is 9.06. The molecular formula is C28H34O3. The number of carbonyl (C=O) groups is 1. The molecule has 31 heavy (non-hydrogen) atoms. The third-order valence-corrected chi connectivity index (χ3v) is 7.05. The summed E-state index contributed by atoms with van der Waals surface area (Å²) in [7, 11) is 1.72.